The lowest BCUT2D eigenvalue weighted by Gasteiger charge is -2.10. The molecule has 0 aromatic carbocycles. The highest BCUT2D eigenvalue weighted by Gasteiger charge is 2.01. The Labute approximate surface area is 63.4 Å². The summed E-state index contributed by atoms with van der Waals surface area (Å²) in [4.78, 5) is 0. The first-order valence-corrected chi connectivity index (χ1v) is 4.33. The average Bonchev–Trinajstić information content (AvgIpc) is 2.02. The van der Waals surface area contributed by atoms with E-state index < -0.39 is 0 Å². The third-order valence-corrected chi connectivity index (χ3v) is 2.03. The number of hydrogen-bond acceptors (Lipinski definition) is 2. The molecule has 0 amide bonds. The molecule has 0 aromatic rings. The van der Waals surface area contributed by atoms with Crippen LogP contribution in [-0.2, 0) is 0 Å². The van der Waals surface area contributed by atoms with Gasteiger partial charge in [-0.1, -0.05) is 0 Å². The van der Waals surface area contributed by atoms with Crippen molar-refractivity contribution in [3.05, 3.63) is 0 Å². The molecule has 1 atom stereocenters. The molecule has 1 aliphatic heterocycles. The van der Waals surface area contributed by atoms with Crippen LogP contribution >= 0.6 is 0 Å². The van der Waals surface area contributed by atoms with Crippen LogP contribution < -0.4 is 10.6 Å². The van der Waals surface area contributed by atoms with Crippen molar-refractivity contribution in [3.8, 4) is 0 Å². The summed E-state index contributed by atoms with van der Waals surface area (Å²) in [5.41, 5.74) is 0. The molecule has 0 aliphatic carbocycles. The molecule has 1 heterocycles. The van der Waals surface area contributed by atoms with E-state index in [1.165, 1.54) is 38.9 Å². The lowest BCUT2D eigenvalue weighted by Crippen LogP contribution is -2.28. The van der Waals surface area contributed by atoms with Crippen molar-refractivity contribution in [2.45, 2.75) is 32.2 Å². The highest BCUT2D eigenvalue weighted by Crippen LogP contribution is 1.94. The summed E-state index contributed by atoms with van der Waals surface area (Å²) in [7, 11) is 0. The fourth-order valence-corrected chi connectivity index (χ4v) is 1.27. The van der Waals surface area contributed by atoms with Crippen molar-refractivity contribution in [2.75, 3.05) is 19.6 Å². The Hall–Kier alpha value is -0.0800. The molecular formula is C8H18N2. The van der Waals surface area contributed by atoms with Gasteiger partial charge < -0.3 is 10.6 Å². The van der Waals surface area contributed by atoms with Crippen LogP contribution in [0.15, 0.2) is 0 Å². The second kappa shape index (κ2) is 4.69. The molecule has 2 N–H and O–H groups in total. The maximum atomic E-state index is 3.48. The van der Waals surface area contributed by atoms with Crippen molar-refractivity contribution >= 4 is 0 Å². The average molecular weight is 142 g/mol. The maximum absolute atomic E-state index is 3.48. The molecule has 2 nitrogen and oxygen atoms in total. The van der Waals surface area contributed by atoms with E-state index in [4.69, 9.17) is 0 Å². The topological polar surface area (TPSA) is 24.1 Å². The molecule has 60 valence electrons. The molecule has 10 heavy (non-hydrogen) atoms. The third kappa shape index (κ3) is 3.18. The summed E-state index contributed by atoms with van der Waals surface area (Å²) in [6.07, 6.45) is 3.90. The highest BCUT2D eigenvalue weighted by atomic mass is 14.9. The molecule has 1 unspecified atom stereocenters. The van der Waals surface area contributed by atoms with Crippen LogP contribution in [0.25, 0.3) is 0 Å². The zero-order chi connectivity index (χ0) is 7.23. The van der Waals surface area contributed by atoms with Gasteiger partial charge in [0.05, 0.1) is 0 Å². The normalized spacial score (nSPS) is 30.3. The minimum atomic E-state index is 0.700. The Kier molecular flexibility index (Phi) is 3.76. The zero-order valence-electron chi connectivity index (χ0n) is 6.82. The van der Waals surface area contributed by atoms with E-state index in [0.29, 0.717) is 6.04 Å². The van der Waals surface area contributed by atoms with Crippen molar-refractivity contribution < 1.29 is 0 Å². The van der Waals surface area contributed by atoms with Crippen molar-refractivity contribution in [1.29, 1.82) is 0 Å². The standard InChI is InChI=1S/C8H18N2/c1-8-4-7-9-5-2-3-6-10-8/h8-10H,2-7H2,1H3. The molecule has 1 rings (SSSR count). The van der Waals surface area contributed by atoms with Crippen LogP contribution in [0, 0.1) is 0 Å². The summed E-state index contributed by atoms with van der Waals surface area (Å²) in [5.74, 6) is 0. The molecule has 0 spiro atoms. The lowest BCUT2D eigenvalue weighted by atomic mass is 10.2. The molecule has 1 fully saturated rings. The number of rotatable bonds is 0. The van der Waals surface area contributed by atoms with E-state index >= 15 is 0 Å². The minimum absolute atomic E-state index is 0.700. The van der Waals surface area contributed by atoms with E-state index in [0.717, 1.165) is 0 Å². The van der Waals surface area contributed by atoms with E-state index in [1.807, 2.05) is 0 Å². The van der Waals surface area contributed by atoms with E-state index in [9.17, 15) is 0 Å². The molecule has 1 saturated heterocycles. The van der Waals surface area contributed by atoms with Gasteiger partial charge in [-0.25, -0.2) is 0 Å². The van der Waals surface area contributed by atoms with Crippen molar-refractivity contribution in [2.24, 2.45) is 0 Å². The smallest absolute Gasteiger partial charge is 0.00508 e. The lowest BCUT2D eigenvalue weighted by molar-refractivity contribution is 0.516. The zero-order valence-corrected chi connectivity index (χ0v) is 6.82. The molecule has 2 heteroatoms. The predicted octanol–water partition coefficient (Wildman–Crippen LogP) is 0.738. The van der Waals surface area contributed by atoms with Crippen LogP contribution in [0.1, 0.15) is 26.2 Å². The molecule has 0 bridgehead atoms. The fourth-order valence-electron chi connectivity index (χ4n) is 1.27. The van der Waals surface area contributed by atoms with E-state index in [1.54, 1.807) is 0 Å². The van der Waals surface area contributed by atoms with Gasteiger partial charge in [-0.15, -0.1) is 0 Å². The van der Waals surface area contributed by atoms with Crippen LogP contribution in [0.3, 0.4) is 0 Å². The first-order valence-electron chi connectivity index (χ1n) is 4.33. The Morgan fingerprint density at radius 1 is 1.10 bits per heavy atom. The summed E-state index contributed by atoms with van der Waals surface area (Å²) in [6.45, 7) is 5.83. The van der Waals surface area contributed by atoms with Crippen molar-refractivity contribution in [1.82, 2.24) is 10.6 Å². The van der Waals surface area contributed by atoms with Crippen LogP contribution in [0.5, 0.6) is 0 Å². The Bertz CT molecular complexity index is 73.3. The molecule has 1 aliphatic rings. The predicted molar refractivity (Wildman–Crippen MR) is 44.2 cm³/mol. The Balaban J connectivity index is 2.15. The maximum Gasteiger partial charge on any atom is 0.00508 e. The minimum Gasteiger partial charge on any atom is -0.317 e. The Morgan fingerprint density at radius 3 is 2.80 bits per heavy atom. The molecule has 0 aromatic heterocycles. The third-order valence-electron chi connectivity index (χ3n) is 2.03. The second-order valence-electron chi connectivity index (χ2n) is 3.10. The summed E-state index contributed by atoms with van der Waals surface area (Å²) < 4.78 is 0. The summed E-state index contributed by atoms with van der Waals surface area (Å²) in [6, 6.07) is 0.700. The van der Waals surface area contributed by atoms with E-state index in [-0.39, 0.29) is 0 Å². The first kappa shape index (κ1) is 8.02. The van der Waals surface area contributed by atoms with Crippen LogP contribution in [0.2, 0.25) is 0 Å². The second-order valence-corrected chi connectivity index (χ2v) is 3.10. The highest BCUT2D eigenvalue weighted by molar-refractivity contribution is 4.64. The van der Waals surface area contributed by atoms with Gasteiger partial charge in [-0.05, 0) is 45.8 Å². The first-order chi connectivity index (χ1) is 4.89. The van der Waals surface area contributed by atoms with Gasteiger partial charge in [0.2, 0.25) is 0 Å². The van der Waals surface area contributed by atoms with Crippen molar-refractivity contribution in [3.63, 3.8) is 0 Å². The molecular weight excluding hydrogens is 124 g/mol. The van der Waals surface area contributed by atoms with Gasteiger partial charge in [-0.2, -0.15) is 0 Å². The van der Waals surface area contributed by atoms with Gasteiger partial charge >= 0.3 is 0 Å². The molecule has 0 radical (unpaired) electrons. The Morgan fingerprint density at radius 2 is 1.90 bits per heavy atom. The molecule has 0 saturated carbocycles. The largest absolute Gasteiger partial charge is 0.317 e. The number of nitrogens with one attached hydrogen (secondary N) is 2. The van der Waals surface area contributed by atoms with Gasteiger partial charge in [0.25, 0.3) is 0 Å². The van der Waals surface area contributed by atoms with Crippen LogP contribution in [-0.4, -0.2) is 25.7 Å². The SMILES string of the molecule is CC1CCNCCCCN1. The fraction of sp³-hybridized carbons (Fsp3) is 1.00. The van der Waals surface area contributed by atoms with Gasteiger partial charge in [-0.3, -0.25) is 0 Å². The van der Waals surface area contributed by atoms with Gasteiger partial charge in [0.15, 0.2) is 0 Å². The quantitative estimate of drug-likeness (QED) is 0.521. The van der Waals surface area contributed by atoms with E-state index in [2.05, 4.69) is 17.6 Å². The van der Waals surface area contributed by atoms with Gasteiger partial charge in [0, 0.05) is 6.04 Å². The van der Waals surface area contributed by atoms with Gasteiger partial charge in [0.1, 0.15) is 0 Å². The number of hydrogen-bond donors (Lipinski definition) is 2. The van der Waals surface area contributed by atoms with Crippen LogP contribution in [0.4, 0.5) is 0 Å². The monoisotopic (exact) mass is 142 g/mol. The summed E-state index contributed by atoms with van der Waals surface area (Å²) >= 11 is 0. The summed E-state index contributed by atoms with van der Waals surface area (Å²) in [5, 5.41) is 6.90.